The van der Waals surface area contributed by atoms with Crippen molar-refractivity contribution in [3.05, 3.63) is 83.4 Å². The van der Waals surface area contributed by atoms with Crippen molar-refractivity contribution in [2.75, 3.05) is 10.0 Å². The lowest BCUT2D eigenvalue weighted by Gasteiger charge is -2.15. The fourth-order valence-corrected chi connectivity index (χ4v) is 3.82. The van der Waals surface area contributed by atoms with Gasteiger partial charge in [0.05, 0.1) is 4.90 Å². The van der Waals surface area contributed by atoms with Gasteiger partial charge in [0.1, 0.15) is 5.75 Å². The number of benzene rings is 3. The first-order valence-corrected chi connectivity index (χ1v) is 11.0. The first-order chi connectivity index (χ1) is 14.2. The molecule has 0 aliphatic carbocycles. The summed E-state index contributed by atoms with van der Waals surface area (Å²) in [4.78, 5) is 12.4. The molecule has 0 radical (unpaired) electrons. The van der Waals surface area contributed by atoms with E-state index >= 15 is 0 Å². The summed E-state index contributed by atoms with van der Waals surface area (Å²) in [5.74, 6) is 0.263. The maximum Gasteiger partial charge on any atom is 0.265 e. The lowest BCUT2D eigenvalue weighted by Crippen LogP contribution is -2.30. The largest absolute Gasteiger partial charge is 0.481 e. The highest BCUT2D eigenvalue weighted by atomic mass is 35.5. The number of hydrogen-bond acceptors (Lipinski definition) is 4. The molecule has 156 valence electrons. The van der Waals surface area contributed by atoms with Gasteiger partial charge in [0.2, 0.25) is 0 Å². The van der Waals surface area contributed by atoms with Crippen molar-refractivity contribution in [3.63, 3.8) is 0 Å². The molecule has 0 saturated carbocycles. The molecule has 0 spiro atoms. The van der Waals surface area contributed by atoms with Gasteiger partial charge in [-0.1, -0.05) is 23.7 Å². The van der Waals surface area contributed by atoms with E-state index in [-0.39, 0.29) is 10.8 Å². The number of rotatable bonds is 7. The van der Waals surface area contributed by atoms with Crippen LogP contribution in [-0.2, 0) is 14.8 Å². The van der Waals surface area contributed by atoms with Gasteiger partial charge in [-0.25, -0.2) is 8.42 Å². The van der Waals surface area contributed by atoms with Crippen LogP contribution in [0, 0.1) is 6.92 Å². The van der Waals surface area contributed by atoms with Gasteiger partial charge in [0.25, 0.3) is 15.9 Å². The van der Waals surface area contributed by atoms with E-state index in [0.29, 0.717) is 22.1 Å². The number of hydrogen-bond donors (Lipinski definition) is 2. The number of anilines is 2. The summed E-state index contributed by atoms with van der Waals surface area (Å²) in [6.07, 6.45) is -0.721. The topological polar surface area (TPSA) is 84.5 Å². The zero-order valence-corrected chi connectivity index (χ0v) is 18.0. The Morgan fingerprint density at radius 2 is 1.60 bits per heavy atom. The number of carbonyl (C=O) groups is 1. The van der Waals surface area contributed by atoms with Crippen molar-refractivity contribution >= 4 is 38.9 Å². The molecule has 1 amide bonds. The minimum absolute atomic E-state index is 0.0690. The number of aryl methyl sites for hydroxylation is 1. The molecule has 6 nitrogen and oxygen atoms in total. The summed E-state index contributed by atoms with van der Waals surface area (Å²) in [7, 11) is -3.76. The van der Waals surface area contributed by atoms with Crippen molar-refractivity contribution in [3.8, 4) is 5.75 Å². The van der Waals surface area contributed by atoms with Crippen LogP contribution >= 0.6 is 11.6 Å². The molecule has 3 aromatic rings. The molecule has 1 atom stereocenters. The summed E-state index contributed by atoms with van der Waals surface area (Å²) in [6.45, 7) is 3.58. The minimum Gasteiger partial charge on any atom is -0.481 e. The fraction of sp³-hybridized carbons (Fsp3) is 0.136. The molecule has 8 heteroatoms. The SMILES string of the molecule is Cc1cccc(OC(C)C(=O)Nc2ccc(S(=O)(=O)Nc3ccc(Cl)cc3)cc2)c1. The molecule has 0 aliphatic heterocycles. The number of ether oxygens (including phenoxy) is 1. The van der Waals surface area contributed by atoms with Crippen molar-refractivity contribution in [2.45, 2.75) is 24.8 Å². The lowest BCUT2D eigenvalue weighted by atomic mass is 10.2. The average Bonchev–Trinajstić information content (AvgIpc) is 2.70. The van der Waals surface area contributed by atoms with E-state index in [1.807, 2.05) is 25.1 Å². The number of carbonyl (C=O) groups excluding carboxylic acids is 1. The molecule has 0 aromatic heterocycles. The first kappa shape index (κ1) is 21.7. The second-order valence-electron chi connectivity index (χ2n) is 6.70. The van der Waals surface area contributed by atoms with Gasteiger partial charge in [-0.05, 0) is 80.1 Å². The van der Waals surface area contributed by atoms with Crippen LogP contribution in [0.3, 0.4) is 0 Å². The Morgan fingerprint density at radius 3 is 2.23 bits per heavy atom. The third kappa shape index (κ3) is 5.75. The zero-order valence-electron chi connectivity index (χ0n) is 16.4. The molecular weight excluding hydrogens is 424 g/mol. The van der Waals surface area contributed by atoms with Gasteiger partial charge in [0.15, 0.2) is 6.10 Å². The fourth-order valence-electron chi connectivity index (χ4n) is 2.64. The third-order valence-electron chi connectivity index (χ3n) is 4.20. The van der Waals surface area contributed by atoms with Crippen LogP contribution in [0.1, 0.15) is 12.5 Å². The van der Waals surface area contributed by atoms with Crippen LogP contribution in [0.25, 0.3) is 0 Å². The highest BCUT2D eigenvalue weighted by Gasteiger charge is 2.17. The summed E-state index contributed by atoms with van der Waals surface area (Å²) in [5.41, 5.74) is 1.90. The number of halogens is 1. The third-order valence-corrected chi connectivity index (χ3v) is 5.85. The number of sulfonamides is 1. The van der Waals surface area contributed by atoms with E-state index in [4.69, 9.17) is 16.3 Å². The van der Waals surface area contributed by atoms with Crippen molar-refractivity contribution in [2.24, 2.45) is 0 Å². The number of nitrogens with one attached hydrogen (secondary N) is 2. The maximum absolute atomic E-state index is 12.5. The Hall–Kier alpha value is -3.03. The predicted molar refractivity (Wildman–Crippen MR) is 119 cm³/mol. The maximum atomic E-state index is 12.5. The van der Waals surface area contributed by atoms with Gasteiger partial charge in [-0.2, -0.15) is 0 Å². The molecular formula is C22H21ClN2O4S. The van der Waals surface area contributed by atoms with Crippen LogP contribution in [-0.4, -0.2) is 20.4 Å². The highest BCUT2D eigenvalue weighted by Crippen LogP contribution is 2.20. The van der Waals surface area contributed by atoms with Gasteiger partial charge < -0.3 is 10.1 Å². The van der Waals surface area contributed by atoms with E-state index < -0.39 is 16.1 Å². The van der Waals surface area contributed by atoms with Crippen molar-refractivity contribution in [1.29, 1.82) is 0 Å². The average molecular weight is 445 g/mol. The van der Waals surface area contributed by atoms with Gasteiger partial charge in [0, 0.05) is 16.4 Å². The standard InChI is InChI=1S/C22H21ClN2O4S/c1-15-4-3-5-20(14-15)29-16(2)22(26)24-18-10-12-21(13-11-18)30(27,28)25-19-8-6-17(23)7-9-19/h3-14,16,25H,1-2H3,(H,24,26). The molecule has 0 aliphatic rings. The molecule has 0 saturated heterocycles. The first-order valence-electron chi connectivity index (χ1n) is 9.15. The molecule has 0 fully saturated rings. The second-order valence-corrected chi connectivity index (χ2v) is 8.82. The van der Waals surface area contributed by atoms with E-state index in [2.05, 4.69) is 10.0 Å². The lowest BCUT2D eigenvalue weighted by molar-refractivity contribution is -0.122. The zero-order chi connectivity index (χ0) is 21.7. The summed E-state index contributed by atoms with van der Waals surface area (Å²) in [6, 6.07) is 19.6. The van der Waals surface area contributed by atoms with E-state index in [0.717, 1.165) is 5.56 Å². The summed E-state index contributed by atoms with van der Waals surface area (Å²) in [5, 5.41) is 3.23. The van der Waals surface area contributed by atoms with Gasteiger partial charge in [-0.3, -0.25) is 9.52 Å². The Balaban J connectivity index is 1.63. The Morgan fingerprint density at radius 1 is 0.967 bits per heavy atom. The monoisotopic (exact) mass is 444 g/mol. The van der Waals surface area contributed by atoms with E-state index in [9.17, 15) is 13.2 Å². The molecule has 3 rings (SSSR count). The van der Waals surface area contributed by atoms with Gasteiger partial charge in [-0.15, -0.1) is 0 Å². The number of amides is 1. The Kier molecular flexibility index (Phi) is 6.64. The van der Waals surface area contributed by atoms with Gasteiger partial charge >= 0.3 is 0 Å². The van der Waals surface area contributed by atoms with Crippen LogP contribution in [0.4, 0.5) is 11.4 Å². The molecule has 3 aromatic carbocycles. The van der Waals surface area contributed by atoms with Crippen molar-refractivity contribution in [1.82, 2.24) is 0 Å². The predicted octanol–water partition coefficient (Wildman–Crippen LogP) is 4.86. The minimum atomic E-state index is -3.76. The van der Waals surface area contributed by atoms with E-state index in [1.54, 1.807) is 37.3 Å². The molecule has 2 N–H and O–H groups in total. The normalized spacial score (nSPS) is 12.1. The highest BCUT2D eigenvalue weighted by molar-refractivity contribution is 7.92. The smallest absolute Gasteiger partial charge is 0.265 e. The second kappa shape index (κ2) is 9.19. The summed E-state index contributed by atoms with van der Waals surface area (Å²) < 4.78 is 33.1. The van der Waals surface area contributed by atoms with Crippen molar-refractivity contribution < 1.29 is 17.9 Å². The van der Waals surface area contributed by atoms with Crippen LogP contribution in [0.2, 0.25) is 5.02 Å². The molecule has 30 heavy (non-hydrogen) atoms. The van der Waals surface area contributed by atoms with Crippen LogP contribution in [0.15, 0.2) is 77.7 Å². The Labute approximate surface area is 180 Å². The quantitative estimate of drug-likeness (QED) is 0.545. The van der Waals surface area contributed by atoms with Crippen LogP contribution < -0.4 is 14.8 Å². The molecule has 1 unspecified atom stereocenters. The van der Waals surface area contributed by atoms with Crippen LogP contribution in [0.5, 0.6) is 5.75 Å². The Bertz CT molecular complexity index is 1130. The summed E-state index contributed by atoms with van der Waals surface area (Å²) >= 11 is 5.81. The molecule has 0 bridgehead atoms. The molecule has 0 heterocycles. The van der Waals surface area contributed by atoms with E-state index in [1.165, 1.54) is 24.3 Å².